The smallest absolute Gasteiger partial charge is 0.126 e. The summed E-state index contributed by atoms with van der Waals surface area (Å²) in [7, 11) is 0. The fourth-order valence-electron chi connectivity index (χ4n) is 2.95. The maximum absolute atomic E-state index is 13.1. The van der Waals surface area contributed by atoms with Gasteiger partial charge in [0.25, 0.3) is 0 Å². The third-order valence-corrected chi connectivity index (χ3v) is 4.23. The summed E-state index contributed by atoms with van der Waals surface area (Å²) in [6.07, 6.45) is 5.30. The van der Waals surface area contributed by atoms with E-state index in [1.165, 1.54) is 12.1 Å². The lowest BCUT2D eigenvalue weighted by Gasteiger charge is -2.33. The summed E-state index contributed by atoms with van der Waals surface area (Å²) in [5.41, 5.74) is 2.84. The number of nitrogens with one attached hydrogen (secondary N) is 2. The van der Waals surface area contributed by atoms with Crippen LogP contribution in [0.1, 0.15) is 17.6 Å². The fraction of sp³-hybridized carbons (Fsp3) is 0.294. The monoisotopic (exact) mass is 327 g/mol. The van der Waals surface area contributed by atoms with Gasteiger partial charge < -0.3 is 14.7 Å². The van der Waals surface area contributed by atoms with Gasteiger partial charge in [0.15, 0.2) is 0 Å². The molecule has 1 aliphatic rings. The average molecular weight is 327 g/mol. The van der Waals surface area contributed by atoms with Crippen molar-refractivity contribution in [3.05, 3.63) is 60.3 Å². The molecule has 0 radical (unpaired) electrons. The highest BCUT2D eigenvalue weighted by atomic mass is 19.1. The van der Waals surface area contributed by atoms with Gasteiger partial charge in [-0.3, -0.25) is 4.90 Å². The van der Waals surface area contributed by atoms with Crippen LogP contribution >= 0.6 is 0 Å². The minimum Gasteiger partial charge on any atom is -0.378 e. The summed E-state index contributed by atoms with van der Waals surface area (Å²) in [5, 5.41) is 0. The van der Waals surface area contributed by atoms with Gasteiger partial charge in [0.2, 0.25) is 0 Å². The van der Waals surface area contributed by atoms with Crippen molar-refractivity contribution in [2.24, 2.45) is 0 Å². The molecule has 2 N–H and O–H groups in total. The molecule has 7 heteroatoms. The molecule has 6 nitrogen and oxygen atoms in total. The number of halogens is 1. The maximum atomic E-state index is 13.1. The number of aromatic amines is 2. The zero-order valence-electron chi connectivity index (χ0n) is 13.1. The Morgan fingerprint density at radius 3 is 2.92 bits per heavy atom. The molecule has 124 valence electrons. The van der Waals surface area contributed by atoms with E-state index in [0.29, 0.717) is 13.2 Å². The Morgan fingerprint density at radius 1 is 1.25 bits per heavy atom. The molecule has 4 rings (SSSR count). The summed E-state index contributed by atoms with van der Waals surface area (Å²) >= 11 is 0. The Bertz CT molecular complexity index is 784. The quantitative estimate of drug-likeness (QED) is 0.772. The molecule has 2 aromatic heterocycles. The van der Waals surface area contributed by atoms with Crippen LogP contribution in [0.2, 0.25) is 0 Å². The van der Waals surface area contributed by atoms with Crippen LogP contribution in [0.4, 0.5) is 4.39 Å². The summed E-state index contributed by atoms with van der Waals surface area (Å²) in [5.74, 6) is 0.610. The van der Waals surface area contributed by atoms with Crippen LogP contribution in [0.25, 0.3) is 11.3 Å². The number of H-pyrrole nitrogens is 2. The first-order valence-electron chi connectivity index (χ1n) is 7.89. The van der Waals surface area contributed by atoms with Crippen LogP contribution < -0.4 is 0 Å². The third kappa shape index (κ3) is 3.08. The second-order valence-corrected chi connectivity index (χ2v) is 5.83. The Balaban J connectivity index is 1.56. The molecular formula is C17H18FN5O. The Morgan fingerprint density at radius 2 is 2.12 bits per heavy atom. The topological polar surface area (TPSA) is 69.8 Å². The van der Waals surface area contributed by atoms with Crippen LogP contribution in [0, 0.1) is 5.82 Å². The average Bonchev–Trinajstić information content (AvgIpc) is 3.28. The van der Waals surface area contributed by atoms with Crippen molar-refractivity contribution in [2.45, 2.75) is 12.6 Å². The maximum Gasteiger partial charge on any atom is 0.126 e. The zero-order valence-corrected chi connectivity index (χ0v) is 13.1. The first-order chi connectivity index (χ1) is 11.8. The van der Waals surface area contributed by atoms with Gasteiger partial charge in [-0.2, -0.15) is 0 Å². The van der Waals surface area contributed by atoms with E-state index in [9.17, 15) is 4.39 Å². The van der Waals surface area contributed by atoms with E-state index in [1.807, 2.05) is 6.20 Å². The van der Waals surface area contributed by atoms with Gasteiger partial charge in [0.1, 0.15) is 11.6 Å². The lowest BCUT2D eigenvalue weighted by molar-refractivity contribution is -0.0161. The second kappa shape index (κ2) is 6.54. The number of hydrogen-bond donors (Lipinski definition) is 2. The number of rotatable bonds is 4. The van der Waals surface area contributed by atoms with Crippen molar-refractivity contribution in [3.63, 3.8) is 0 Å². The number of ether oxygens (including phenoxy) is 1. The first-order valence-corrected chi connectivity index (χ1v) is 7.89. The van der Waals surface area contributed by atoms with E-state index in [-0.39, 0.29) is 11.9 Å². The predicted octanol–water partition coefficient (Wildman–Crippen LogP) is 2.51. The lowest BCUT2D eigenvalue weighted by Crippen LogP contribution is -2.39. The Labute approximate surface area is 138 Å². The summed E-state index contributed by atoms with van der Waals surface area (Å²) < 4.78 is 18.7. The molecule has 1 saturated heterocycles. The van der Waals surface area contributed by atoms with E-state index in [4.69, 9.17) is 4.74 Å². The van der Waals surface area contributed by atoms with Crippen LogP contribution in [0.3, 0.4) is 0 Å². The van der Waals surface area contributed by atoms with Gasteiger partial charge in [0.05, 0.1) is 37.5 Å². The summed E-state index contributed by atoms with van der Waals surface area (Å²) in [6.45, 7) is 2.89. The van der Waals surface area contributed by atoms with Crippen LogP contribution in [-0.4, -0.2) is 44.6 Å². The number of nitrogens with zero attached hydrogens (tertiary/aromatic N) is 3. The van der Waals surface area contributed by atoms with Crippen molar-refractivity contribution in [2.75, 3.05) is 19.8 Å². The molecule has 1 fully saturated rings. The van der Waals surface area contributed by atoms with Crippen molar-refractivity contribution < 1.29 is 9.13 Å². The van der Waals surface area contributed by atoms with Crippen molar-refractivity contribution >= 4 is 0 Å². The van der Waals surface area contributed by atoms with E-state index in [0.717, 1.165) is 35.9 Å². The van der Waals surface area contributed by atoms with E-state index < -0.39 is 0 Å². The summed E-state index contributed by atoms with van der Waals surface area (Å²) in [6, 6.07) is 6.43. The molecule has 1 atom stereocenters. The molecular weight excluding hydrogens is 309 g/mol. The number of imidazole rings is 2. The fourth-order valence-corrected chi connectivity index (χ4v) is 2.95. The van der Waals surface area contributed by atoms with Gasteiger partial charge in [-0.1, -0.05) is 0 Å². The van der Waals surface area contributed by atoms with Crippen LogP contribution in [-0.2, 0) is 11.3 Å². The molecule has 0 aliphatic carbocycles. The van der Waals surface area contributed by atoms with Gasteiger partial charge in [-0.15, -0.1) is 0 Å². The van der Waals surface area contributed by atoms with E-state index in [1.54, 1.807) is 24.7 Å². The molecule has 0 bridgehead atoms. The number of hydrogen-bond acceptors (Lipinski definition) is 4. The third-order valence-electron chi connectivity index (χ3n) is 4.23. The minimum absolute atomic E-state index is 0.0521. The Kier molecular flexibility index (Phi) is 4.10. The van der Waals surface area contributed by atoms with Gasteiger partial charge in [-0.05, 0) is 29.8 Å². The number of aromatic nitrogens is 4. The molecule has 1 aromatic carbocycles. The zero-order chi connectivity index (χ0) is 16.4. The number of benzene rings is 1. The highest BCUT2D eigenvalue weighted by molar-refractivity contribution is 5.58. The molecule has 1 aliphatic heterocycles. The molecule has 3 heterocycles. The molecule has 24 heavy (non-hydrogen) atoms. The van der Waals surface area contributed by atoms with Crippen LogP contribution in [0.15, 0.2) is 43.0 Å². The van der Waals surface area contributed by atoms with Crippen LogP contribution in [0.5, 0.6) is 0 Å². The summed E-state index contributed by atoms with van der Waals surface area (Å²) in [4.78, 5) is 17.4. The lowest BCUT2D eigenvalue weighted by atomic mass is 10.1. The van der Waals surface area contributed by atoms with Crippen molar-refractivity contribution in [1.82, 2.24) is 24.8 Å². The molecule has 3 aromatic rings. The molecule has 0 amide bonds. The SMILES string of the molecule is Fc1ccc(-c2cnc([C@@H]3COCCN3Cc3cnc[nH]3)[nH]2)cc1. The number of morpholine rings is 1. The van der Waals surface area contributed by atoms with Gasteiger partial charge in [0, 0.05) is 25.0 Å². The highest BCUT2D eigenvalue weighted by Crippen LogP contribution is 2.26. The molecule has 0 spiro atoms. The van der Waals surface area contributed by atoms with Crippen molar-refractivity contribution in [3.8, 4) is 11.3 Å². The standard InChI is InChI=1S/C17H18FN5O/c18-13-3-1-12(2-4-13)15-8-20-17(22-15)16-10-24-6-5-23(16)9-14-7-19-11-21-14/h1-4,7-8,11,16H,5-6,9-10H2,(H,19,21)(H,20,22)/t16-/m0/s1. The predicted molar refractivity (Wildman–Crippen MR) is 86.5 cm³/mol. The second-order valence-electron chi connectivity index (χ2n) is 5.83. The Hall–Kier alpha value is -2.51. The van der Waals surface area contributed by atoms with E-state index in [2.05, 4.69) is 24.8 Å². The normalized spacial score (nSPS) is 18.8. The van der Waals surface area contributed by atoms with Gasteiger partial charge in [-0.25, -0.2) is 14.4 Å². The van der Waals surface area contributed by atoms with Gasteiger partial charge >= 0.3 is 0 Å². The highest BCUT2D eigenvalue weighted by Gasteiger charge is 2.27. The van der Waals surface area contributed by atoms with E-state index >= 15 is 0 Å². The largest absolute Gasteiger partial charge is 0.378 e. The molecule has 0 unspecified atom stereocenters. The first kappa shape index (κ1) is 15.0. The minimum atomic E-state index is -0.245. The molecule has 0 saturated carbocycles. The van der Waals surface area contributed by atoms with Crippen molar-refractivity contribution in [1.29, 1.82) is 0 Å².